The Hall–Kier alpha value is -7.12. The third-order valence-electron chi connectivity index (χ3n) is 8.44. The Kier molecular flexibility index (Phi) is 10.6. The first-order valence-corrected chi connectivity index (χ1v) is 18.1. The Balaban J connectivity index is 0.000000158. The maximum absolute atomic E-state index is 4.84. The Morgan fingerprint density at radius 1 is 0.455 bits per heavy atom. The molecule has 0 spiro atoms. The highest BCUT2D eigenvalue weighted by Crippen LogP contribution is 2.34. The summed E-state index contributed by atoms with van der Waals surface area (Å²) in [5, 5.41) is 8.74. The predicted molar refractivity (Wildman–Crippen MR) is 217 cm³/mol. The summed E-state index contributed by atoms with van der Waals surface area (Å²) in [6.45, 7) is 1.12. The number of halogens is 1. The highest BCUT2D eigenvalue weighted by atomic mass is 79.9. The Morgan fingerprint density at radius 3 is 1.51 bits per heavy atom. The summed E-state index contributed by atoms with van der Waals surface area (Å²) in [5.41, 5.74) is 7.30. The van der Waals surface area contributed by atoms with Gasteiger partial charge in [0.05, 0.1) is 57.4 Å². The van der Waals surface area contributed by atoms with Crippen molar-refractivity contribution in [2.24, 2.45) is 0 Å². The van der Waals surface area contributed by atoms with Crippen LogP contribution in [0.4, 0.5) is 11.6 Å². The highest BCUT2D eigenvalue weighted by molar-refractivity contribution is 9.10. The molecule has 12 nitrogen and oxygen atoms in total. The fraction of sp³-hybridized carbons (Fsp3) is 0.0476. The van der Waals surface area contributed by atoms with E-state index in [1.165, 1.54) is 12.7 Å². The molecule has 9 rings (SSSR count). The van der Waals surface area contributed by atoms with E-state index in [9.17, 15) is 0 Å². The molecule has 0 amide bonds. The van der Waals surface area contributed by atoms with Gasteiger partial charge in [0.15, 0.2) is 11.6 Å². The van der Waals surface area contributed by atoms with E-state index in [1.807, 2.05) is 84.9 Å². The van der Waals surface area contributed by atoms with Crippen LogP contribution in [-0.4, -0.2) is 49.8 Å². The van der Waals surface area contributed by atoms with Gasteiger partial charge in [-0.2, -0.15) is 0 Å². The number of benzene rings is 3. The van der Waals surface area contributed by atoms with Crippen LogP contribution >= 0.6 is 15.9 Å². The van der Waals surface area contributed by atoms with Gasteiger partial charge in [-0.3, -0.25) is 9.97 Å². The van der Waals surface area contributed by atoms with Crippen LogP contribution in [0, 0.1) is 0 Å². The van der Waals surface area contributed by atoms with Crippen LogP contribution in [0.25, 0.3) is 55.7 Å². The van der Waals surface area contributed by atoms with Crippen molar-refractivity contribution >= 4 is 49.4 Å². The molecule has 0 aliphatic carbocycles. The molecule has 55 heavy (non-hydrogen) atoms. The number of fused-ring (bicyclic) bond motifs is 2. The van der Waals surface area contributed by atoms with Crippen molar-refractivity contribution in [3.8, 4) is 33.9 Å². The summed E-state index contributed by atoms with van der Waals surface area (Å²) in [6, 6.07) is 34.0. The molecule has 6 heterocycles. The molecule has 6 aromatic heterocycles. The van der Waals surface area contributed by atoms with E-state index in [4.69, 9.17) is 9.97 Å². The molecule has 266 valence electrons. The lowest BCUT2D eigenvalue weighted by Gasteiger charge is -2.14. The maximum Gasteiger partial charge on any atom is 0.165 e. The van der Waals surface area contributed by atoms with Crippen LogP contribution in [0.15, 0.2) is 157 Å². The van der Waals surface area contributed by atoms with E-state index in [0.29, 0.717) is 24.7 Å². The van der Waals surface area contributed by atoms with Gasteiger partial charge < -0.3 is 10.6 Å². The van der Waals surface area contributed by atoms with Crippen LogP contribution in [0.1, 0.15) is 11.4 Å². The molecule has 2 N–H and O–H groups in total. The predicted octanol–water partition coefficient (Wildman–Crippen LogP) is 8.62. The number of nitrogens with zero attached hydrogens (tertiary/aromatic N) is 10. The zero-order valence-corrected chi connectivity index (χ0v) is 30.8. The van der Waals surface area contributed by atoms with E-state index < -0.39 is 0 Å². The van der Waals surface area contributed by atoms with Gasteiger partial charge in [0.1, 0.15) is 24.3 Å². The number of hydrogen-bond acceptors (Lipinski definition) is 12. The second kappa shape index (κ2) is 16.7. The van der Waals surface area contributed by atoms with Crippen LogP contribution in [0.3, 0.4) is 0 Å². The summed E-state index contributed by atoms with van der Waals surface area (Å²) in [7, 11) is 0. The molecule has 0 aliphatic heterocycles. The van der Waals surface area contributed by atoms with Crippen molar-refractivity contribution in [2.75, 3.05) is 10.6 Å². The molecular formula is C42H31BrN12. The monoisotopic (exact) mass is 782 g/mol. The highest BCUT2D eigenvalue weighted by Gasteiger charge is 2.15. The summed E-state index contributed by atoms with van der Waals surface area (Å²) < 4.78 is 0.935. The van der Waals surface area contributed by atoms with Crippen molar-refractivity contribution in [3.05, 3.63) is 169 Å². The van der Waals surface area contributed by atoms with Gasteiger partial charge in [0.2, 0.25) is 0 Å². The number of aromatic nitrogens is 10. The summed E-state index contributed by atoms with van der Waals surface area (Å²) in [4.78, 5) is 44.0. The first-order valence-electron chi connectivity index (χ1n) is 17.3. The lowest BCUT2D eigenvalue weighted by atomic mass is 10.0. The number of pyridine rings is 2. The summed E-state index contributed by atoms with van der Waals surface area (Å²) in [5.74, 6) is 2.65. The lowest BCUT2D eigenvalue weighted by molar-refractivity contribution is 1.03. The molecular weight excluding hydrogens is 752 g/mol. The van der Waals surface area contributed by atoms with Crippen molar-refractivity contribution in [3.63, 3.8) is 0 Å². The molecule has 0 radical (unpaired) electrons. The van der Waals surface area contributed by atoms with Gasteiger partial charge in [-0.25, -0.2) is 39.9 Å². The second-order valence-electron chi connectivity index (χ2n) is 12.1. The van der Waals surface area contributed by atoms with E-state index in [0.717, 1.165) is 71.6 Å². The third-order valence-corrected chi connectivity index (χ3v) is 9.11. The lowest BCUT2D eigenvalue weighted by Crippen LogP contribution is -2.06. The summed E-state index contributed by atoms with van der Waals surface area (Å²) >= 11 is 3.59. The van der Waals surface area contributed by atoms with Crippen LogP contribution in [-0.2, 0) is 13.1 Å². The average molecular weight is 784 g/mol. The standard InChI is InChI=1S/C24H18N6.C18H13BrN6/c1-2-7-17(8-3-1)20-10-6-11-21-22(20)24(28-15-19-9-4-5-12-27-19)30-23(29-21)18-13-25-16-26-14-18;19-14-5-3-6-15-16(14)18(23-10-13-4-1-2-7-22-13)25-17(24-15)12-8-20-11-21-9-12/h1-14,16H,15H2,(H,28,29,30);1-9,11H,10H2,(H,23,24,25). The zero-order valence-electron chi connectivity index (χ0n) is 29.2. The minimum atomic E-state index is 0.556. The molecule has 0 unspecified atom stereocenters. The molecule has 0 fully saturated rings. The SMILES string of the molecule is Brc1cccc2nc(-c3cncnc3)nc(NCc3ccccn3)c12.c1ccc(-c2cccc3nc(-c4cncnc4)nc(NCc4ccccn4)c23)cc1. The van der Waals surface area contributed by atoms with Gasteiger partial charge in [-0.05, 0) is 69.5 Å². The minimum absolute atomic E-state index is 0.556. The fourth-order valence-corrected chi connectivity index (χ4v) is 6.42. The van der Waals surface area contributed by atoms with Gasteiger partial charge in [0, 0.05) is 41.7 Å². The average Bonchev–Trinajstić information content (AvgIpc) is 3.26. The topological polar surface area (TPSA) is 153 Å². The van der Waals surface area contributed by atoms with Crippen molar-refractivity contribution < 1.29 is 0 Å². The van der Waals surface area contributed by atoms with Gasteiger partial charge in [0.25, 0.3) is 0 Å². The van der Waals surface area contributed by atoms with Gasteiger partial charge in [-0.15, -0.1) is 0 Å². The number of rotatable bonds is 9. The Morgan fingerprint density at radius 2 is 0.964 bits per heavy atom. The first-order chi connectivity index (χ1) is 27.2. The number of nitrogens with one attached hydrogen (secondary N) is 2. The van der Waals surface area contributed by atoms with Crippen LogP contribution in [0.5, 0.6) is 0 Å². The third kappa shape index (κ3) is 8.27. The number of anilines is 2. The molecule has 0 saturated heterocycles. The largest absolute Gasteiger partial charge is 0.364 e. The van der Waals surface area contributed by atoms with E-state index in [2.05, 4.69) is 84.6 Å². The molecule has 3 aromatic carbocycles. The maximum atomic E-state index is 4.84. The van der Waals surface area contributed by atoms with Gasteiger partial charge in [-0.1, -0.05) is 60.7 Å². The molecule has 9 aromatic rings. The van der Waals surface area contributed by atoms with E-state index in [-0.39, 0.29) is 0 Å². The summed E-state index contributed by atoms with van der Waals surface area (Å²) in [6.07, 6.45) is 13.4. The molecule has 0 bridgehead atoms. The van der Waals surface area contributed by atoms with Crippen LogP contribution in [0.2, 0.25) is 0 Å². The van der Waals surface area contributed by atoms with Crippen molar-refractivity contribution in [1.29, 1.82) is 0 Å². The van der Waals surface area contributed by atoms with Gasteiger partial charge >= 0.3 is 0 Å². The van der Waals surface area contributed by atoms with Crippen molar-refractivity contribution in [1.82, 2.24) is 49.8 Å². The quantitative estimate of drug-likeness (QED) is 0.144. The molecule has 0 saturated carbocycles. The fourth-order valence-electron chi connectivity index (χ4n) is 5.88. The number of hydrogen-bond donors (Lipinski definition) is 2. The second-order valence-corrected chi connectivity index (χ2v) is 12.9. The van der Waals surface area contributed by atoms with E-state index >= 15 is 0 Å². The molecule has 13 heteroatoms. The zero-order chi connectivity index (χ0) is 37.2. The van der Waals surface area contributed by atoms with E-state index in [1.54, 1.807) is 37.2 Å². The smallest absolute Gasteiger partial charge is 0.165 e. The molecule has 0 aliphatic rings. The van der Waals surface area contributed by atoms with Crippen molar-refractivity contribution in [2.45, 2.75) is 13.1 Å². The van der Waals surface area contributed by atoms with Crippen LogP contribution < -0.4 is 10.6 Å². The molecule has 0 atom stereocenters. The Bertz CT molecular complexity index is 2660. The minimum Gasteiger partial charge on any atom is -0.364 e. The first kappa shape index (κ1) is 34.9. The Labute approximate surface area is 324 Å². The normalized spacial score (nSPS) is 10.8.